The fourth-order valence-corrected chi connectivity index (χ4v) is 4.03. The summed E-state index contributed by atoms with van der Waals surface area (Å²) in [7, 11) is 0. The van der Waals surface area contributed by atoms with Gasteiger partial charge in [-0.2, -0.15) is 0 Å². The molecule has 0 aromatic heterocycles. The molecule has 1 saturated heterocycles. The molecule has 170 valence electrons. The second-order valence-corrected chi connectivity index (χ2v) is 8.53. The summed E-state index contributed by atoms with van der Waals surface area (Å²) in [5, 5.41) is 20.5. The van der Waals surface area contributed by atoms with Crippen LogP contribution in [0.5, 0.6) is 11.5 Å². The van der Waals surface area contributed by atoms with Gasteiger partial charge in [0.2, 0.25) is 0 Å². The second kappa shape index (κ2) is 11.2. The van der Waals surface area contributed by atoms with E-state index in [0.29, 0.717) is 36.6 Å². The fourth-order valence-electron chi connectivity index (χ4n) is 3.81. The maximum atomic E-state index is 10.3. The Kier molecular flexibility index (Phi) is 8.61. The van der Waals surface area contributed by atoms with E-state index < -0.39 is 12.2 Å². The predicted molar refractivity (Wildman–Crippen MR) is 122 cm³/mol. The minimum atomic E-state index is -0.530. The van der Waals surface area contributed by atoms with Crippen LogP contribution in [0.4, 0.5) is 0 Å². The van der Waals surface area contributed by atoms with Gasteiger partial charge in [-0.3, -0.25) is 0 Å². The molecular formula is C25H33ClO5. The Morgan fingerprint density at radius 3 is 2.55 bits per heavy atom. The molecule has 1 heterocycles. The van der Waals surface area contributed by atoms with Crippen molar-refractivity contribution in [3.05, 3.63) is 58.1 Å². The number of benzene rings is 2. The highest BCUT2D eigenvalue weighted by Crippen LogP contribution is 2.40. The van der Waals surface area contributed by atoms with Gasteiger partial charge in [-0.1, -0.05) is 30.7 Å². The molecule has 2 aromatic rings. The van der Waals surface area contributed by atoms with Crippen LogP contribution in [0, 0.1) is 0 Å². The first kappa shape index (κ1) is 23.9. The lowest BCUT2D eigenvalue weighted by Gasteiger charge is -2.34. The smallest absolute Gasteiger partial charge is 0.127 e. The normalized spacial score (nSPS) is 22.2. The highest BCUT2D eigenvalue weighted by molar-refractivity contribution is 6.31. The Hall–Kier alpha value is -1.79. The third-order valence-corrected chi connectivity index (χ3v) is 5.99. The fraction of sp³-hybridized carbons (Fsp3) is 0.520. The summed E-state index contributed by atoms with van der Waals surface area (Å²) in [5.74, 6) is 1.51. The zero-order valence-corrected chi connectivity index (χ0v) is 19.3. The van der Waals surface area contributed by atoms with E-state index in [0.717, 1.165) is 28.9 Å². The Morgan fingerprint density at radius 1 is 1.16 bits per heavy atom. The van der Waals surface area contributed by atoms with Crippen molar-refractivity contribution in [3.8, 4) is 11.5 Å². The molecule has 0 saturated carbocycles. The number of hydrogen-bond acceptors (Lipinski definition) is 5. The molecule has 0 bridgehead atoms. The van der Waals surface area contributed by atoms with Gasteiger partial charge in [0.1, 0.15) is 11.5 Å². The summed E-state index contributed by atoms with van der Waals surface area (Å²) in [6.45, 7) is 6.55. The van der Waals surface area contributed by atoms with Crippen LogP contribution < -0.4 is 9.47 Å². The van der Waals surface area contributed by atoms with Gasteiger partial charge in [-0.05, 0) is 62.1 Å². The van der Waals surface area contributed by atoms with Crippen LogP contribution in [0.3, 0.4) is 0 Å². The van der Waals surface area contributed by atoms with Crippen molar-refractivity contribution in [2.24, 2.45) is 0 Å². The van der Waals surface area contributed by atoms with E-state index in [1.165, 1.54) is 0 Å². The van der Waals surface area contributed by atoms with Crippen molar-refractivity contribution in [3.63, 3.8) is 0 Å². The molecule has 1 aliphatic rings. The third kappa shape index (κ3) is 6.36. The predicted octanol–water partition coefficient (Wildman–Crippen LogP) is 5.08. The zero-order valence-electron chi connectivity index (χ0n) is 18.5. The minimum Gasteiger partial charge on any atom is -0.494 e. The SMILES string of the molecule is CCOc1ccc(Cc2cc(C3CC(O)CC(CO)O3)c(OC(C)CC)cc2Cl)cc1. The Balaban J connectivity index is 1.92. The molecule has 0 radical (unpaired) electrons. The van der Waals surface area contributed by atoms with Crippen LogP contribution >= 0.6 is 11.6 Å². The molecule has 0 aliphatic carbocycles. The molecule has 0 amide bonds. The van der Waals surface area contributed by atoms with E-state index in [1.54, 1.807) is 0 Å². The second-order valence-electron chi connectivity index (χ2n) is 8.13. The van der Waals surface area contributed by atoms with Crippen molar-refractivity contribution >= 4 is 11.6 Å². The van der Waals surface area contributed by atoms with Crippen LogP contribution in [-0.2, 0) is 11.2 Å². The number of aliphatic hydroxyl groups excluding tert-OH is 2. The summed E-state index contributed by atoms with van der Waals surface area (Å²) >= 11 is 6.65. The van der Waals surface area contributed by atoms with Crippen molar-refractivity contribution in [2.45, 2.75) is 70.9 Å². The number of rotatable bonds is 9. The molecule has 5 nitrogen and oxygen atoms in total. The minimum absolute atomic E-state index is 0.0222. The molecule has 4 atom stereocenters. The zero-order chi connectivity index (χ0) is 22.4. The molecule has 1 fully saturated rings. The first-order valence-electron chi connectivity index (χ1n) is 11.1. The first-order chi connectivity index (χ1) is 14.9. The number of aliphatic hydroxyl groups is 2. The van der Waals surface area contributed by atoms with Gasteiger partial charge < -0.3 is 24.4 Å². The van der Waals surface area contributed by atoms with E-state index >= 15 is 0 Å². The van der Waals surface area contributed by atoms with E-state index in [1.807, 2.05) is 50.2 Å². The molecule has 3 rings (SSSR count). The average molecular weight is 449 g/mol. The van der Waals surface area contributed by atoms with Crippen LogP contribution in [0.1, 0.15) is 62.8 Å². The largest absolute Gasteiger partial charge is 0.494 e. The van der Waals surface area contributed by atoms with Crippen molar-refractivity contribution in [2.75, 3.05) is 13.2 Å². The Labute approximate surface area is 189 Å². The topological polar surface area (TPSA) is 68.2 Å². The molecule has 0 spiro atoms. The van der Waals surface area contributed by atoms with Crippen molar-refractivity contribution in [1.29, 1.82) is 0 Å². The van der Waals surface area contributed by atoms with Gasteiger partial charge in [-0.25, -0.2) is 0 Å². The van der Waals surface area contributed by atoms with E-state index in [-0.39, 0.29) is 18.8 Å². The Morgan fingerprint density at radius 2 is 1.90 bits per heavy atom. The third-order valence-electron chi connectivity index (χ3n) is 5.64. The molecule has 2 aromatic carbocycles. The maximum absolute atomic E-state index is 10.3. The summed E-state index contributed by atoms with van der Waals surface area (Å²) in [4.78, 5) is 0. The van der Waals surface area contributed by atoms with Gasteiger partial charge in [-0.15, -0.1) is 0 Å². The number of ether oxygens (including phenoxy) is 3. The van der Waals surface area contributed by atoms with Gasteiger partial charge >= 0.3 is 0 Å². The highest BCUT2D eigenvalue weighted by Gasteiger charge is 2.31. The summed E-state index contributed by atoms with van der Waals surface area (Å²) in [6.07, 6.45) is 1.13. The summed E-state index contributed by atoms with van der Waals surface area (Å²) in [6, 6.07) is 11.9. The number of halogens is 1. The van der Waals surface area contributed by atoms with Crippen LogP contribution in [0.15, 0.2) is 36.4 Å². The van der Waals surface area contributed by atoms with Gasteiger partial charge in [0.05, 0.1) is 37.6 Å². The molecule has 2 N–H and O–H groups in total. The Bertz CT molecular complexity index is 839. The lowest BCUT2D eigenvalue weighted by atomic mass is 9.93. The van der Waals surface area contributed by atoms with E-state index in [2.05, 4.69) is 6.92 Å². The lowest BCUT2D eigenvalue weighted by Crippen LogP contribution is -2.33. The molecule has 4 unspecified atom stereocenters. The average Bonchev–Trinajstić information content (AvgIpc) is 2.76. The van der Waals surface area contributed by atoms with Crippen LogP contribution in [0.25, 0.3) is 0 Å². The van der Waals surface area contributed by atoms with E-state index in [4.69, 9.17) is 25.8 Å². The van der Waals surface area contributed by atoms with Crippen LogP contribution in [0.2, 0.25) is 5.02 Å². The van der Waals surface area contributed by atoms with E-state index in [9.17, 15) is 10.2 Å². The quantitative estimate of drug-likeness (QED) is 0.559. The van der Waals surface area contributed by atoms with Crippen molar-refractivity contribution < 1.29 is 24.4 Å². The van der Waals surface area contributed by atoms with Gasteiger partial charge in [0.25, 0.3) is 0 Å². The monoisotopic (exact) mass is 448 g/mol. The van der Waals surface area contributed by atoms with Crippen molar-refractivity contribution in [1.82, 2.24) is 0 Å². The summed E-state index contributed by atoms with van der Waals surface area (Å²) in [5.41, 5.74) is 2.94. The standard InChI is InChI=1S/C25H33ClO5/c1-4-16(3)30-25-14-23(26)18(10-17-6-8-20(9-7-17)29-5-2)11-22(25)24-13-19(28)12-21(15-27)31-24/h6-9,11,14,16,19,21,24,27-28H,4-5,10,12-13,15H2,1-3H3. The number of hydrogen-bond donors (Lipinski definition) is 2. The molecule has 6 heteroatoms. The van der Waals surface area contributed by atoms with Gasteiger partial charge in [0, 0.05) is 23.4 Å². The molecular weight excluding hydrogens is 416 g/mol. The van der Waals surface area contributed by atoms with Crippen LogP contribution in [-0.4, -0.2) is 41.7 Å². The highest BCUT2D eigenvalue weighted by atomic mass is 35.5. The maximum Gasteiger partial charge on any atom is 0.127 e. The molecule has 1 aliphatic heterocycles. The molecule has 31 heavy (non-hydrogen) atoms. The lowest BCUT2D eigenvalue weighted by molar-refractivity contribution is -0.114. The van der Waals surface area contributed by atoms with Gasteiger partial charge in [0.15, 0.2) is 0 Å². The first-order valence-corrected chi connectivity index (χ1v) is 11.5. The summed E-state index contributed by atoms with van der Waals surface area (Å²) < 4.78 is 17.8.